The van der Waals surface area contributed by atoms with Gasteiger partial charge in [-0.2, -0.15) is 0 Å². The molecule has 3 N–H and O–H groups in total. The summed E-state index contributed by atoms with van der Waals surface area (Å²) >= 11 is 0. The van der Waals surface area contributed by atoms with E-state index in [4.69, 9.17) is 0 Å². The van der Waals surface area contributed by atoms with Gasteiger partial charge < -0.3 is 15.5 Å². The molecule has 12 heavy (non-hydrogen) atoms. The minimum atomic E-state index is -0.823. The first-order valence-electron chi connectivity index (χ1n) is 4.87. The van der Waals surface area contributed by atoms with Gasteiger partial charge in [0.05, 0.1) is 6.10 Å². The Morgan fingerprint density at radius 1 is 1.25 bits per heavy atom. The summed E-state index contributed by atoms with van der Waals surface area (Å²) in [5.74, 6) is 0. The van der Waals surface area contributed by atoms with Crippen LogP contribution in [0.4, 0.5) is 0 Å². The summed E-state index contributed by atoms with van der Waals surface area (Å²) in [5.41, 5.74) is -0.823. The molecular weight excluding hydrogens is 154 g/mol. The molecule has 0 aromatic carbocycles. The second-order valence-electron chi connectivity index (χ2n) is 4.05. The Morgan fingerprint density at radius 3 is 2.83 bits per heavy atom. The molecule has 0 spiro atoms. The van der Waals surface area contributed by atoms with E-state index in [1.54, 1.807) is 0 Å². The fourth-order valence-electron chi connectivity index (χ4n) is 2.51. The number of rotatable bonds is 0. The van der Waals surface area contributed by atoms with Gasteiger partial charge in [0, 0.05) is 6.04 Å². The van der Waals surface area contributed by atoms with E-state index >= 15 is 0 Å². The zero-order valence-corrected chi connectivity index (χ0v) is 7.29. The quantitative estimate of drug-likeness (QED) is 0.481. The van der Waals surface area contributed by atoms with Crippen LogP contribution in [0, 0.1) is 0 Å². The van der Waals surface area contributed by atoms with E-state index in [2.05, 4.69) is 5.32 Å². The van der Waals surface area contributed by atoms with Gasteiger partial charge in [-0.3, -0.25) is 0 Å². The van der Waals surface area contributed by atoms with Crippen LogP contribution in [0.25, 0.3) is 0 Å². The molecule has 0 amide bonds. The van der Waals surface area contributed by atoms with Gasteiger partial charge in [0.25, 0.3) is 0 Å². The average molecular weight is 171 g/mol. The van der Waals surface area contributed by atoms with Crippen molar-refractivity contribution < 1.29 is 10.2 Å². The van der Waals surface area contributed by atoms with Crippen molar-refractivity contribution in [2.75, 3.05) is 6.54 Å². The molecule has 0 aromatic heterocycles. The lowest BCUT2D eigenvalue weighted by molar-refractivity contribution is -0.134. The number of hydrogen-bond donors (Lipinski definition) is 3. The molecule has 1 aliphatic heterocycles. The van der Waals surface area contributed by atoms with Crippen LogP contribution >= 0.6 is 0 Å². The first kappa shape index (κ1) is 8.48. The predicted octanol–water partition coefficient (Wildman–Crippen LogP) is 0.0143. The molecule has 3 heteroatoms. The Labute approximate surface area is 72.8 Å². The normalized spacial score (nSPS) is 48.5. The number of fused-ring (bicyclic) bond motifs is 1. The third-order valence-electron chi connectivity index (χ3n) is 3.30. The van der Waals surface area contributed by atoms with Gasteiger partial charge in [0.1, 0.15) is 5.60 Å². The number of nitrogens with one attached hydrogen (secondary N) is 1. The van der Waals surface area contributed by atoms with Crippen molar-refractivity contribution in [3.63, 3.8) is 0 Å². The number of aliphatic hydroxyl groups excluding tert-OH is 1. The van der Waals surface area contributed by atoms with E-state index in [0.717, 1.165) is 38.6 Å². The van der Waals surface area contributed by atoms with Crippen molar-refractivity contribution >= 4 is 0 Å². The van der Waals surface area contributed by atoms with Crippen LogP contribution in [0.2, 0.25) is 0 Å². The standard InChI is InChI=1S/C9H17NO2/c11-8-4-1-3-7-9(8,12)5-2-6-10-7/h7-8,10-12H,1-6H2/t7-,8-,9+/m0/s1. The lowest BCUT2D eigenvalue weighted by atomic mass is 9.73. The van der Waals surface area contributed by atoms with Crippen LogP contribution in [0.1, 0.15) is 32.1 Å². The Bertz CT molecular complexity index is 172. The number of hydrogen-bond acceptors (Lipinski definition) is 3. The van der Waals surface area contributed by atoms with Crippen LogP contribution in [-0.4, -0.2) is 34.5 Å². The number of piperidine rings is 1. The second-order valence-corrected chi connectivity index (χ2v) is 4.05. The molecule has 0 radical (unpaired) electrons. The van der Waals surface area contributed by atoms with Gasteiger partial charge in [-0.15, -0.1) is 0 Å². The Balaban J connectivity index is 2.14. The molecule has 1 saturated heterocycles. The lowest BCUT2D eigenvalue weighted by Crippen LogP contribution is -2.63. The summed E-state index contributed by atoms with van der Waals surface area (Å²) < 4.78 is 0. The van der Waals surface area contributed by atoms with Crippen LogP contribution < -0.4 is 5.32 Å². The predicted molar refractivity (Wildman–Crippen MR) is 45.8 cm³/mol. The minimum absolute atomic E-state index is 0.134. The maximum absolute atomic E-state index is 10.1. The monoisotopic (exact) mass is 171 g/mol. The van der Waals surface area contributed by atoms with Crippen molar-refractivity contribution in [3.05, 3.63) is 0 Å². The Morgan fingerprint density at radius 2 is 2.08 bits per heavy atom. The molecule has 3 nitrogen and oxygen atoms in total. The Kier molecular flexibility index (Phi) is 2.10. The van der Waals surface area contributed by atoms with Crippen LogP contribution in [0.3, 0.4) is 0 Å². The highest BCUT2D eigenvalue weighted by atomic mass is 16.3. The molecule has 0 aromatic rings. The third kappa shape index (κ3) is 1.16. The van der Waals surface area contributed by atoms with Crippen molar-refractivity contribution in [2.24, 2.45) is 0 Å². The molecule has 1 saturated carbocycles. The van der Waals surface area contributed by atoms with Gasteiger partial charge in [-0.25, -0.2) is 0 Å². The largest absolute Gasteiger partial charge is 0.390 e. The molecule has 3 atom stereocenters. The van der Waals surface area contributed by atoms with Gasteiger partial charge >= 0.3 is 0 Å². The van der Waals surface area contributed by atoms with Crippen molar-refractivity contribution in [3.8, 4) is 0 Å². The maximum Gasteiger partial charge on any atom is 0.106 e. The zero-order chi connectivity index (χ0) is 8.60. The summed E-state index contributed by atoms with van der Waals surface area (Å²) in [6.45, 7) is 0.986. The van der Waals surface area contributed by atoms with Crippen molar-refractivity contribution in [1.82, 2.24) is 5.32 Å². The van der Waals surface area contributed by atoms with E-state index in [1.807, 2.05) is 0 Å². The molecule has 1 heterocycles. The molecule has 0 bridgehead atoms. The zero-order valence-electron chi connectivity index (χ0n) is 7.29. The van der Waals surface area contributed by atoms with E-state index in [9.17, 15) is 10.2 Å². The highest BCUT2D eigenvalue weighted by Crippen LogP contribution is 2.34. The van der Waals surface area contributed by atoms with Gasteiger partial charge in [0.15, 0.2) is 0 Å². The van der Waals surface area contributed by atoms with Crippen LogP contribution in [0.5, 0.6) is 0 Å². The topological polar surface area (TPSA) is 52.5 Å². The van der Waals surface area contributed by atoms with Crippen molar-refractivity contribution in [1.29, 1.82) is 0 Å². The first-order chi connectivity index (χ1) is 5.73. The van der Waals surface area contributed by atoms with E-state index in [0.29, 0.717) is 0 Å². The molecule has 0 unspecified atom stereocenters. The average Bonchev–Trinajstić information content (AvgIpc) is 2.07. The van der Waals surface area contributed by atoms with Crippen LogP contribution in [-0.2, 0) is 0 Å². The molecule has 2 aliphatic rings. The molecule has 2 fully saturated rings. The fourth-order valence-corrected chi connectivity index (χ4v) is 2.51. The van der Waals surface area contributed by atoms with Crippen molar-refractivity contribution in [2.45, 2.75) is 49.9 Å². The third-order valence-corrected chi connectivity index (χ3v) is 3.30. The summed E-state index contributed by atoms with van der Waals surface area (Å²) in [7, 11) is 0. The summed E-state index contributed by atoms with van der Waals surface area (Å²) in [6, 6.07) is 0.134. The highest BCUT2D eigenvalue weighted by molar-refractivity contribution is 5.02. The summed E-state index contributed by atoms with van der Waals surface area (Å²) in [5, 5.41) is 23.1. The molecule has 2 rings (SSSR count). The summed E-state index contributed by atoms with van der Waals surface area (Å²) in [4.78, 5) is 0. The van der Waals surface area contributed by atoms with Gasteiger partial charge in [-0.1, -0.05) is 0 Å². The number of aliphatic hydroxyl groups is 2. The van der Waals surface area contributed by atoms with Gasteiger partial charge in [-0.05, 0) is 38.6 Å². The highest BCUT2D eigenvalue weighted by Gasteiger charge is 2.46. The smallest absolute Gasteiger partial charge is 0.106 e. The summed E-state index contributed by atoms with van der Waals surface area (Å²) in [6.07, 6.45) is 4.02. The SMILES string of the molecule is O[C@H]1CCC[C@@H]2NCCC[C@@]21O. The first-order valence-corrected chi connectivity index (χ1v) is 4.87. The molecule has 70 valence electrons. The minimum Gasteiger partial charge on any atom is -0.390 e. The Hall–Kier alpha value is -0.120. The van der Waals surface area contributed by atoms with E-state index in [1.165, 1.54) is 0 Å². The maximum atomic E-state index is 10.1. The fraction of sp³-hybridized carbons (Fsp3) is 1.00. The molecule has 1 aliphatic carbocycles. The lowest BCUT2D eigenvalue weighted by Gasteiger charge is -2.47. The second kappa shape index (κ2) is 2.98. The van der Waals surface area contributed by atoms with E-state index in [-0.39, 0.29) is 6.04 Å². The molecular formula is C9H17NO2. The van der Waals surface area contributed by atoms with Gasteiger partial charge in [0.2, 0.25) is 0 Å². The van der Waals surface area contributed by atoms with Crippen LogP contribution in [0.15, 0.2) is 0 Å². The van der Waals surface area contributed by atoms with E-state index < -0.39 is 11.7 Å².